The summed E-state index contributed by atoms with van der Waals surface area (Å²) in [6.45, 7) is 0. The Morgan fingerprint density at radius 3 is 2.46 bits per heavy atom. The summed E-state index contributed by atoms with van der Waals surface area (Å²) < 4.78 is 30.9. The van der Waals surface area contributed by atoms with E-state index < -0.39 is 10.0 Å². The van der Waals surface area contributed by atoms with Gasteiger partial charge in [-0.25, -0.2) is 13.4 Å². The van der Waals surface area contributed by atoms with Gasteiger partial charge in [-0.2, -0.15) is 0 Å². The van der Waals surface area contributed by atoms with Gasteiger partial charge in [0.2, 0.25) is 10.0 Å². The van der Waals surface area contributed by atoms with Crippen molar-refractivity contribution < 1.29 is 13.2 Å². The predicted octanol–water partition coefficient (Wildman–Crippen LogP) is 4.64. The maximum atomic E-state index is 11.6. The molecule has 0 saturated carbocycles. The highest BCUT2D eigenvalue weighted by Gasteiger charge is 2.14. The number of benzene rings is 2. The van der Waals surface area contributed by atoms with E-state index in [2.05, 4.69) is 15.9 Å². The molecule has 1 aromatic heterocycles. The van der Waals surface area contributed by atoms with Crippen LogP contribution in [-0.2, 0) is 10.0 Å². The zero-order chi connectivity index (χ0) is 18.9. The third-order valence-electron chi connectivity index (χ3n) is 3.92. The lowest BCUT2D eigenvalue weighted by molar-refractivity contribution is 0.416. The highest BCUT2D eigenvalue weighted by atomic mass is 79.9. The van der Waals surface area contributed by atoms with Crippen molar-refractivity contribution in [3.05, 3.63) is 52.3 Å². The molecule has 0 fully saturated rings. The monoisotopic (exact) mass is 452 g/mol. The first-order valence-corrected chi connectivity index (χ1v) is 11.2. The molecule has 8 heteroatoms. The van der Waals surface area contributed by atoms with Gasteiger partial charge in [0.15, 0.2) is 0 Å². The van der Waals surface area contributed by atoms with Gasteiger partial charge in [-0.3, -0.25) is 4.31 Å². The Bertz CT molecular complexity index is 1030. The first kappa shape index (κ1) is 18.9. The first-order chi connectivity index (χ1) is 12.3. The van der Waals surface area contributed by atoms with Crippen LogP contribution < -0.4 is 9.04 Å². The summed E-state index contributed by atoms with van der Waals surface area (Å²) in [7, 11) is -0.106. The van der Waals surface area contributed by atoms with Crippen LogP contribution in [0.15, 0.2) is 52.3 Å². The Balaban J connectivity index is 1.92. The summed E-state index contributed by atoms with van der Waals surface area (Å²) in [5.41, 5.74) is 3.29. The molecule has 0 saturated heterocycles. The molecule has 1 heterocycles. The van der Waals surface area contributed by atoms with Crippen LogP contribution in [0.2, 0.25) is 0 Å². The fourth-order valence-electron chi connectivity index (χ4n) is 2.41. The van der Waals surface area contributed by atoms with Crippen LogP contribution >= 0.6 is 27.3 Å². The average molecular weight is 453 g/mol. The quantitative estimate of drug-likeness (QED) is 0.565. The molecular formula is C18H17BrN2O3S2. The Morgan fingerprint density at radius 1 is 1.15 bits per heavy atom. The smallest absolute Gasteiger partial charge is 0.231 e. The molecule has 0 spiro atoms. The van der Waals surface area contributed by atoms with E-state index in [-0.39, 0.29) is 0 Å². The van der Waals surface area contributed by atoms with Gasteiger partial charge >= 0.3 is 0 Å². The van der Waals surface area contributed by atoms with Crippen LogP contribution in [-0.4, -0.2) is 33.8 Å². The molecule has 0 aliphatic rings. The van der Waals surface area contributed by atoms with E-state index in [9.17, 15) is 8.42 Å². The van der Waals surface area contributed by atoms with E-state index in [1.54, 1.807) is 19.2 Å². The lowest BCUT2D eigenvalue weighted by Gasteiger charge is -2.16. The first-order valence-electron chi connectivity index (χ1n) is 7.63. The molecule has 136 valence electrons. The van der Waals surface area contributed by atoms with Gasteiger partial charge < -0.3 is 4.74 Å². The van der Waals surface area contributed by atoms with Gasteiger partial charge in [-0.15, -0.1) is 11.3 Å². The number of methoxy groups -OCH3 is 1. The third-order valence-corrected chi connectivity index (χ3v) is 6.49. The summed E-state index contributed by atoms with van der Waals surface area (Å²) in [4.78, 5) is 4.71. The maximum Gasteiger partial charge on any atom is 0.231 e. The summed E-state index contributed by atoms with van der Waals surface area (Å²) in [6, 6.07) is 13.1. The number of halogens is 1. The van der Waals surface area contributed by atoms with Gasteiger partial charge in [0, 0.05) is 22.5 Å². The molecule has 2 aromatic carbocycles. The summed E-state index contributed by atoms with van der Waals surface area (Å²) in [5.74, 6) is 0.763. The van der Waals surface area contributed by atoms with Crippen LogP contribution in [0.5, 0.6) is 5.75 Å². The number of thiazole rings is 1. The van der Waals surface area contributed by atoms with Crippen LogP contribution in [0, 0.1) is 0 Å². The van der Waals surface area contributed by atoms with E-state index in [4.69, 9.17) is 9.72 Å². The Morgan fingerprint density at radius 2 is 1.85 bits per heavy atom. The minimum atomic E-state index is -3.28. The largest absolute Gasteiger partial charge is 0.496 e. The van der Waals surface area contributed by atoms with Crippen molar-refractivity contribution in [1.82, 2.24) is 4.98 Å². The normalized spacial score (nSPS) is 11.4. The highest BCUT2D eigenvalue weighted by Crippen LogP contribution is 2.36. The molecule has 0 radical (unpaired) electrons. The minimum absolute atomic E-state index is 0.611. The van der Waals surface area contributed by atoms with Crippen LogP contribution in [0.25, 0.3) is 21.8 Å². The predicted molar refractivity (Wildman–Crippen MR) is 110 cm³/mol. The topological polar surface area (TPSA) is 59.5 Å². The standard InChI is InChI=1S/C18H17BrN2O3S2/c1-21(26(3,22)23)14-7-4-12(5-8-14)16-11-25-18(20-16)15-10-13(19)6-9-17(15)24-2/h4-11H,1-3H3. The number of sulfonamides is 1. The van der Waals surface area contributed by atoms with Crippen molar-refractivity contribution >= 4 is 43.0 Å². The molecule has 5 nitrogen and oxygen atoms in total. The second kappa shape index (κ2) is 7.38. The van der Waals surface area contributed by atoms with Crippen molar-refractivity contribution in [3.63, 3.8) is 0 Å². The summed E-state index contributed by atoms with van der Waals surface area (Å²) in [5, 5.41) is 2.83. The Hall–Kier alpha value is -1.90. The van der Waals surface area contributed by atoms with Crippen LogP contribution in [0.1, 0.15) is 0 Å². The van der Waals surface area contributed by atoms with Crippen molar-refractivity contribution in [2.75, 3.05) is 24.7 Å². The van der Waals surface area contributed by atoms with Crippen molar-refractivity contribution in [2.45, 2.75) is 0 Å². The van der Waals surface area contributed by atoms with E-state index in [0.29, 0.717) is 5.69 Å². The highest BCUT2D eigenvalue weighted by molar-refractivity contribution is 9.10. The fraction of sp³-hybridized carbons (Fsp3) is 0.167. The van der Waals surface area contributed by atoms with Crippen LogP contribution in [0.3, 0.4) is 0 Å². The molecule has 0 aliphatic carbocycles. The second-order valence-electron chi connectivity index (χ2n) is 5.66. The molecule has 0 atom stereocenters. The Labute approximate surface area is 165 Å². The number of ether oxygens (including phenoxy) is 1. The molecule has 0 N–H and O–H groups in total. The van der Waals surface area contributed by atoms with E-state index >= 15 is 0 Å². The minimum Gasteiger partial charge on any atom is -0.496 e. The van der Waals surface area contributed by atoms with E-state index in [1.165, 1.54) is 28.9 Å². The zero-order valence-electron chi connectivity index (χ0n) is 14.4. The van der Waals surface area contributed by atoms with Gasteiger partial charge in [0.25, 0.3) is 0 Å². The zero-order valence-corrected chi connectivity index (χ0v) is 17.7. The third kappa shape index (κ3) is 3.92. The van der Waals surface area contributed by atoms with Crippen molar-refractivity contribution in [3.8, 4) is 27.6 Å². The number of nitrogens with zero attached hydrogens (tertiary/aromatic N) is 2. The van der Waals surface area contributed by atoms with E-state index in [1.807, 2.05) is 35.7 Å². The number of aromatic nitrogens is 1. The second-order valence-corrected chi connectivity index (χ2v) is 9.45. The average Bonchev–Trinajstić information content (AvgIpc) is 3.10. The fourth-order valence-corrected chi connectivity index (χ4v) is 4.13. The molecule has 0 bridgehead atoms. The summed E-state index contributed by atoms with van der Waals surface area (Å²) in [6.07, 6.45) is 1.18. The molecule has 0 amide bonds. The molecule has 26 heavy (non-hydrogen) atoms. The molecular weight excluding hydrogens is 436 g/mol. The number of rotatable bonds is 5. The lowest BCUT2D eigenvalue weighted by atomic mass is 10.1. The Kier molecular flexibility index (Phi) is 5.36. The van der Waals surface area contributed by atoms with Gasteiger partial charge in [-0.1, -0.05) is 28.1 Å². The van der Waals surface area contributed by atoms with E-state index in [0.717, 1.165) is 32.1 Å². The van der Waals surface area contributed by atoms with Gasteiger partial charge in [0.05, 0.1) is 30.3 Å². The van der Waals surface area contributed by atoms with Crippen molar-refractivity contribution in [2.24, 2.45) is 0 Å². The van der Waals surface area contributed by atoms with Crippen molar-refractivity contribution in [1.29, 1.82) is 0 Å². The molecule has 0 unspecified atom stereocenters. The lowest BCUT2D eigenvalue weighted by Crippen LogP contribution is -2.24. The molecule has 3 aromatic rings. The van der Waals surface area contributed by atoms with Crippen LogP contribution in [0.4, 0.5) is 5.69 Å². The molecule has 3 rings (SSSR count). The number of hydrogen-bond donors (Lipinski definition) is 0. The van der Waals surface area contributed by atoms with Gasteiger partial charge in [0.1, 0.15) is 10.8 Å². The maximum absolute atomic E-state index is 11.6. The number of hydrogen-bond acceptors (Lipinski definition) is 5. The summed E-state index contributed by atoms with van der Waals surface area (Å²) >= 11 is 5.01. The number of anilines is 1. The van der Waals surface area contributed by atoms with Gasteiger partial charge in [-0.05, 0) is 30.3 Å². The SMILES string of the molecule is COc1ccc(Br)cc1-c1nc(-c2ccc(N(C)S(C)(=O)=O)cc2)cs1. The molecule has 0 aliphatic heterocycles.